The molecule has 0 spiro atoms. The maximum absolute atomic E-state index is 10.6. The zero-order valence-corrected chi connectivity index (χ0v) is 8.96. The number of nitrogens with zero attached hydrogens (tertiary/aromatic N) is 5. The van der Waals surface area contributed by atoms with Gasteiger partial charge in [0.25, 0.3) is 0 Å². The van der Waals surface area contributed by atoms with Crippen LogP contribution in [0.1, 0.15) is 5.56 Å². The van der Waals surface area contributed by atoms with Gasteiger partial charge >= 0.3 is 11.6 Å². The Morgan fingerprint density at radius 1 is 1.00 bits per heavy atom. The molecule has 0 aliphatic heterocycles. The molecule has 92 valence electrons. The van der Waals surface area contributed by atoms with E-state index in [0.29, 0.717) is 0 Å². The second kappa shape index (κ2) is 4.57. The van der Waals surface area contributed by atoms with Gasteiger partial charge in [-0.3, -0.25) is 0 Å². The first-order chi connectivity index (χ1) is 8.58. The Morgan fingerprint density at radius 3 is 1.94 bits per heavy atom. The number of benzene rings is 1. The summed E-state index contributed by atoms with van der Waals surface area (Å²) in [5, 5.41) is 28.1. The van der Waals surface area contributed by atoms with E-state index in [1.54, 1.807) is 24.3 Å². The average molecular weight is 249 g/mol. The smallest absolute Gasteiger partial charge is 0.358 e. The highest BCUT2D eigenvalue weighted by atomic mass is 16.6. The standard InChI is InChI=1S/C9H7N5O4/c15-13(16)8-9(14(17)18)11-12(10-8)6-7-4-2-1-3-5-7/h1-5H,6H2. The summed E-state index contributed by atoms with van der Waals surface area (Å²) in [4.78, 5) is 20.2. The van der Waals surface area contributed by atoms with Crippen LogP contribution in [0.25, 0.3) is 0 Å². The van der Waals surface area contributed by atoms with Gasteiger partial charge < -0.3 is 20.2 Å². The van der Waals surface area contributed by atoms with Gasteiger partial charge in [0.15, 0.2) is 0 Å². The third-order valence-electron chi connectivity index (χ3n) is 2.13. The zero-order valence-electron chi connectivity index (χ0n) is 8.96. The van der Waals surface area contributed by atoms with Crippen LogP contribution in [-0.2, 0) is 6.54 Å². The highest BCUT2D eigenvalue weighted by Crippen LogP contribution is 2.20. The summed E-state index contributed by atoms with van der Waals surface area (Å²) in [6, 6.07) is 8.90. The van der Waals surface area contributed by atoms with E-state index in [4.69, 9.17) is 0 Å². The minimum atomic E-state index is -0.924. The van der Waals surface area contributed by atoms with E-state index >= 15 is 0 Å². The van der Waals surface area contributed by atoms with Crippen molar-refractivity contribution in [1.82, 2.24) is 15.0 Å². The van der Waals surface area contributed by atoms with Crippen molar-refractivity contribution >= 4 is 11.6 Å². The van der Waals surface area contributed by atoms with Crippen molar-refractivity contribution in [2.75, 3.05) is 0 Å². The molecule has 0 bridgehead atoms. The molecule has 2 rings (SSSR count). The molecule has 0 N–H and O–H groups in total. The Hall–Kier alpha value is -2.84. The molecule has 9 nitrogen and oxygen atoms in total. The third kappa shape index (κ3) is 2.29. The topological polar surface area (TPSA) is 117 Å². The number of hydrogen-bond acceptors (Lipinski definition) is 6. The first kappa shape index (κ1) is 11.6. The molecule has 18 heavy (non-hydrogen) atoms. The highest BCUT2D eigenvalue weighted by molar-refractivity contribution is 5.37. The van der Waals surface area contributed by atoms with E-state index in [2.05, 4.69) is 10.2 Å². The lowest BCUT2D eigenvalue weighted by atomic mass is 10.2. The van der Waals surface area contributed by atoms with E-state index in [1.165, 1.54) is 0 Å². The van der Waals surface area contributed by atoms with Crippen molar-refractivity contribution < 1.29 is 9.85 Å². The summed E-state index contributed by atoms with van der Waals surface area (Å²) in [5.74, 6) is -1.70. The molecule has 0 unspecified atom stereocenters. The Bertz CT molecular complexity index is 563. The summed E-state index contributed by atoms with van der Waals surface area (Å²) < 4.78 is 0. The van der Waals surface area contributed by atoms with Crippen molar-refractivity contribution in [3.05, 3.63) is 56.1 Å². The van der Waals surface area contributed by atoms with Gasteiger partial charge in [0.1, 0.15) is 16.7 Å². The lowest BCUT2D eigenvalue weighted by molar-refractivity contribution is -0.427. The van der Waals surface area contributed by atoms with E-state index in [9.17, 15) is 20.2 Å². The van der Waals surface area contributed by atoms with Crippen LogP contribution >= 0.6 is 0 Å². The van der Waals surface area contributed by atoms with Crippen molar-refractivity contribution in [3.8, 4) is 0 Å². The second-order valence-electron chi connectivity index (χ2n) is 3.38. The molecule has 2 aromatic rings. The van der Waals surface area contributed by atoms with Crippen molar-refractivity contribution in [2.24, 2.45) is 0 Å². The van der Waals surface area contributed by atoms with Crippen LogP contribution in [0.3, 0.4) is 0 Å². The number of rotatable bonds is 4. The van der Waals surface area contributed by atoms with E-state index < -0.39 is 21.5 Å². The van der Waals surface area contributed by atoms with Crippen LogP contribution in [0.5, 0.6) is 0 Å². The average Bonchev–Trinajstić information content (AvgIpc) is 2.74. The van der Waals surface area contributed by atoms with Crippen LogP contribution < -0.4 is 0 Å². The summed E-state index contributed by atoms with van der Waals surface area (Å²) in [5.41, 5.74) is 0.789. The van der Waals surface area contributed by atoms with E-state index in [0.717, 1.165) is 10.4 Å². The van der Waals surface area contributed by atoms with Gasteiger partial charge in [0, 0.05) is 4.80 Å². The minimum absolute atomic E-state index is 0.134. The number of aromatic nitrogens is 3. The van der Waals surface area contributed by atoms with E-state index in [1.807, 2.05) is 6.07 Å². The molecule has 1 aromatic heterocycles. The fourth-order valence-corrected chi connectivity index (χ4v) is 1.38. The summed E-state index contributed by atoms with van der Waals surface area (Å²) >= 11 is 0. The SMILES string of the molecule is O=[N+]([O-])c1nn(Cc2ccccc2)nc1[N+](=O)[O-]. The molecule has 0 saturated heterocycles. The van der Waals surface area contributed by atoms with Gasteiger partial charge in [-0.2, -0.15) is 0 Å². The predicted molar refractivity (Wildman–Crippen MR) is 58.9 cm³/mol. The quantitative estimate of drug-likeness (QED) is 0.592. The first-order valence-electron chi connectivity index (χ1n) is 4.86. The minimum Gasteiger partial charge on any atom is -0.358 e. The monoisotopic (exact) mass is 249 g/mol. The summed E-state index contributed by atoms with van der Waals surface area (Å²) in [7, 11) is 0. The van der Waals surface area contributed by atoms with Gasteiger partial charge in [-0.15, -0.1) is 0 Å². The second-order valence-corrected chi connectivity index (χ2v) is 3.38. The Morgan fingerprint density at radius 2 is 1.50 bits per heavy atom. The lowest BCUT2D eigenvalue weighted by Gasteiger charge is -1.92. The Labute approximate surface area is 100.0 Å². The maximum Gasteiger partial charge on any atom is 0.492 e. The van der Waals surface area contributed by atoms with Crippen molar-refractivity contribution in [2.45, 2.75) is 6.54 Å². The molecule has 0 aliphatic rings. The van der Waals surface area contributed by atoms with Gasteiger partial charge in [-0.25, -0.2) is 0 Å². The molecule has 0 fully saturated rings. The van der Waals surface area contributed by atoms with Gasteiger partial charge in [0.2, 0.25) is 0 Å². The molecule has 0 aliphatic carbocycles. The zero-order chi connectivity index (χ0) is 13.1. The molecule has 0 saturated carbocycles. The van der Waals surface area contributed by atoms with Crippen molar-refractivity contribution in [3.63, 3.8) is 0 Å². The molecule has 9 heteroatoms. The fraction of sp³-hybridized carbons (Fsp3) is 0.111. The fourth-order valence-electron chi connectivity index (χ4n) is 1.38. The van der Waals surface area contributed by atoms with Crippen molar-refractivity contribution in [1.29, 1.82) is 0 Å². The predicted octanol–water partition coefficient (Wildman–Crippen LogP) is 1.14. The van der Waals surface area contributed by atoms with Gasteiger partial charge in [-0.1, -0.05) is 30.3 Å². The highest BCUT2D eigenvalue weighted by Gasteiger charge is 2.34. The van der Waals surface area contributed by atoms with Crippen LogP contribution in [-0.4, -0.2) is 24.8 Å². The molecule has 1 aromatic carbocycles. The van der Waals surface area contributed by atoms with Gasteiger partial charge in [-0.05, 0) is 15.4 Å². The molecular formula is C9H7N5O4. The Kier molecular flexibility index (Phi) is 2.96. The molecule has 0 atom stereocenters. The van der Waals surface area contributed by atoms with E-state index in [-0.39, 0.29) is 6.54 Å². The molecule has 0 radical (unpaired) electrons. The summed E-state index contributed by atoms with van der Waals surface area (Å²) in [6.07, 6.45) is 0. The van der Waals surface area contributed by atoms with Crippen LogP contribution in [0.2, 0.25) is 0 Å². The third-order valence-corrected chi connectivity index (χ3v) is 2.13. The van der Waals surface area contributed by atoms with Crippen LogP contribution in [0.4, 0.5) is 11.6 Å². The first-order valence-corrected chi connectivity index (χ1v) is 4.86. The number of hydrogen-bond donors (Lipinski definition) is 0. The largest absolute Gasteiger partial charge is 0.492 e. The molecular weight excluding hydrogens is 242 g/mol. The molecule has 1 heterocycles. The number of nitro groups is 2. The van der Waals surface area contributed by atoms with Gasteiger partial charge in [0.05, 0.1) is 0 Å². The normalized spacial score (nSPS) is 10.2. The van der Waals surface area contributed by atoms with Crippen LogP contribution in [0, 0.1) is 20.2 Å². The molecule has 0 amide bonds. The summed E-state index contributed by atoms with van der Waals surface area (Å²) in [6.45, 7) is 0.134. The Balaban J connectivity index is 2.33. The van der Waals surface area contributed by atoms with Crippen LogP contribution in [0.15, 0.2) is 30.3 Å². The lowest BCUT2D eigenvalue weighted by Crippen LogP contribution is -2.04. The maximum atomic E-state index is 10.6.